The van der Waals surface area contributed by atoms with E-state index in [1.54, 1.807) is 49.4 Å². The summed E-state index contributed by atoms with van der Waals surface area (Å²) in [6.45, 7) is 1.99. The number of carboxylic acid groups (broad SMARTS) is 2. The first-order valence-corrected chi connectivity index (χ1v) is 9.08. The van der Waals surface area contributed by atoms with Crippen LogP contribution in [0.1, 0.15) is 18.1 Å². The van der Waals surface area contributed by atoms with Gasteiger partial charge in [0.2, 0.25) is 0 Å². The van der Waals surface area contributed by atoms with Gasteiger partial charge in [-0.25, -0.2) is 4.79 Å². The van der Waals surface area contributed by atoms with Crippen LogP contribution in [0.15, 0.2) is 42.5 Å². The quantitative estimate of drug-likeness (QED) is 0.526. The first kappa shape index (κ1) is 22.0. The van der Waals surface area contributed by atoms with Gasteiger partial charge < -0.3 is 19.7 Å². The Morgan fingerprint density at radius 1 is 1.10 bits per heavy atom. The number of carboxylic acids is 2. The second kappa shape index (κ2) is 10.3. The van der Waals surface area contributed by atoms with Crippen molar-refractivity contribution in [1.82, 2.24) is 0 Å². The van der Waals surface area contributed by atoms with E-state index in [4.69, 9.17) is 31.3 Å². The van der Waals surface area contributed by atoms with Crippen molar-refractivity contribution in [1.29, 1.82) is 0 Å². The maximum absolute atomic E-state index is 12.1. The number of carbonyl (C=O) groups is 3. The van der Waals surface area contributed by atoms with Gasteiger partial charge in [0, 0.05) is 5.56 Å². The van der Waals surface area contributed by atoms with Crippen LogP contribution >= 0.6 is 11.6 Å². The molecule has 0 atom stereocenters. The summed E-state index contributed by atoms with van der Waals surface area (Å²) in [6.07, 6.45) is -0.949. The van der Waals surface area contributed by atoms with Crippen LogP contribution in [0, 0.1) is 5.92 Å². The third-order valence-corrected chi connectivity index (χ3v) is 4.26. The molecule has 8 nitrogen and oxygen atoms in total. The second-order valence-electron chi connectivity index (χ2n) is 5.99. The molecule has 0 aromatic heterocycles. The van der Waals surface area contributed by atoms with Gasteiger partial charge in [0.05, 0.1) is 17.3 Å². The zero-order valence-electron chi connectivity index (χ0n) is 15.6. The maximum Gasteiger partial charge on any atom is 0.412 e. The van der Waals surface area contributed by atoms with Crippen LogP contribution in [0.5, 0.6) is 5.75 Å². The van der Waals surface area contributed by atoms with Gasteiger partial charge in [-0.1, -0.05) is 29.8 Å². The van der Waals surface area contributed by atoms with Crippen molar-refractivity contribution in [3.63, 3.8) is 0 Å². The van der Waals surface area contributed by atoms with Crippen LogP contribution in [0.3, 0.4) is 0 Å². The number of hydrogen-bond acceptors (Lipinski definition) is 5. The van der Waals surface area contributed by atoms with E-state index in [-0.39, 0.29) is 13.0 Å². The highest BCUT2D eigenvalue weighted by molar-refractivity contribution is 6.33. The number of amides is 1. The zero-order chi connectivity index (χ0) is 21.4. The molecule has 0 saturated carbocycles. The molecule has 0 unspecified atom stereocenters. The van der Waals surface area contributed by atoms with Crippen molar-refractivity contribution in [2.24, 2.45) is 5.92 Å². The van der Waals surface area contributed by atoms with Gasteiger partial charge in [-0.3, -0.25) is 14.9 Å². The minimum atomic E-state index is -1.58. The van der Waals surface area contributed by atoms with E-state index in [2.05, 4.69) is 5.32 Å². The summed E-state index contributed by atoms with van der Waals surface area (Å²) < 4.78 is 10.7. The number of rotatable bonds is 9. The number of benzene rings is 2. The molecule has 1 amide bonds. The Bertz CT molecular complexity index is 886. The molecule has 2 rings (SSSR count). The maximum atomic E-state index is 12.1. The molecule has 0 aliphatic heterocycles. The number of halogens is 1. The predicted molar refractivity (Wildman–Crippen MR) is 105 cm³/mol. The SMILES string of the molecule is CCOc1ccc(CC(C(=O)O)C(=O)O)cc1COC(=O)Nc1ccccc1Cl. The molecule has 0 radical (unpaired) electrons. The highest BCUT2D eigenvalue weighted by atomic mass is 35.5. The first-order valence-electron chi connectivity index (χ1n) is 8.70. The molecule has 154 valence electrons. The Morgan fingerprint density at radius 2 is 1.79 bits per heavy atom. The van der Waals surface area contributed by atoms with Crippen LogP contribution in [-0.4, -0.2) is 34.9 Å². The summed E-state index contributed by atoms with van der Waals surface area (Å²) >= 11 is 5.99. The molecule has 9 heteroatoms. The highest BCUT2D eigenvalue weighted by Gasteiger charge is 2.26. The fourth-order valence-corrected chi connectivity index (χ4v) is 2.72. The van der Waals surface area contributed by atoms with Crippen LogP contribution in [0.25, 0.3) is 0 Å². The summed E-state index contributed by atoms with van der Waals surface area (Å²) in [6, 6.07) is 11.4. The molecular weight excluding hydrogens is 402 g/mol. The van der Waals surface area contributed by atoms with Crippen molar-refractivity contribution in [3.05, 3.63) is 58.6 Å². The van der Waals surface area contributed by atoms with E-state index in [1.165, 1.54) is 0 Å². The van der Waals surface area contributed by atoms with Crippen LogP contribution in [-0.2, 0) is 27.4 Å². The largest absolute Gasteiger partial charge is 0.493 e. The van der Waals surface area contributed by atoms with Crippen LogP contribution < -0.4 is 10.1 Å². The summed E-state index contributed by atoms with van der Waals surface area (Å²) in [5.41, 5.74) is 1.34. The minimum Gasteiger partial charge on any atom is -0.493 e. The molecule has 0 bridgehead atoms. The number of ether oxygens (including phenoxy) is 2. The number of carbonyl (C=O) groups excluding carboxylic acids is 1. The molecular formula is C20H20ClNO7. The standard InChI is InChI=1S/C20H20ClNO7/c1-2-28-17-8-7-12(10-14(18(23)24)19(25)26)9-13(17)11-29-20(27)22-16-6-4-3-5-15(16)21/h3-9,14H,2,10-11H2,1H3,(H,22,27)(H,23,24)(H,25,26). The summed E-state index contributed by atoms with van der Waals surface area (Å²) in [7, 11) is 0. The number of hydrogen-bond donors (Lipinski definition) is 3. The van der Waals surface area contributed by atoms with Gasteiger partial charge in [-0.05, 0) is 43.2 Å². The van der Waals surface area contributed by atoms with Crippen LogP contribution in [0.2, 0.25) is 5.02 Å². The lowest BCUT2D eigenvalue weighted by atomic mass is 9.98. The Balaban J connectivity index is 2.12. The van der Waals surface area contributed by atoms with E-state index >= 15 is 0 Å². The van der Waals surface area contributed by atoms with E-state index in [0.717, 1.165) is 0 Å². The minimum absolute atomic E-state index is 0.162. The van der Waals surface area contributed by atoms with E-state index < -0.39 is 23.9 Å². The Morgan fingerprint density at radius 3 is 2.41 bits per heavy atom. The van der Waals surface area contributed by atoms with Gasteiger partial charge in [-0.15, -0.1) is 0 Å². The van der Waals surface area contributed by atoms with E-state index in [9.17, 15) is 14.4 Å². The molecule has 2 aromatic rings. The number of para-hydroxylation sites is 1. The predicted octanol–water partition coefficient (Wildman–Crippen LogP) is 3.82. The van der Waals surface area contributed by atoms with Crippen molar-refractivity contribution in [3.8, 4) is 5.75 Å². The Hall–Kier alpha value is -3.26. The van der Waals surface area contributed by atoms with Gasteiger partial charge in [-0.2, -0.15) is 0 Å². The third-order valence-electron chi connectivity index (χ3n) is 3.93. The molecule has 0 aliphatic rings. The second-order valence-corrected chi connectivity index (χ2v) is 6.40. The van der Waals surface area contributed by atoms with E-state index in [0.29, 0.717) is 34.2 Å². The van der Waals surface area contributed by atoms with Gasteiger partial charge in [0.15, 0.2) is 5.92 Å². The smallest absolute Gasteiger partial charge is 0.412 e. The normalized spacial score (nSPS) is 10.4. The monoisotopic (exact) mass is 421 g/mol. The molecule has 0 saturated heterocycles. The molecule has 0 fully saturated rings. The summed E-state index contributed by atoms with van der Waals surface area (Å²) in [5.74, 6) is -3.99. The fourth-order valence-electron chi connectivity index (χ4n) is 2.54. The molecule has 0 heterocycles. The van der Waals surface area contributed by atoms with Gasteiger partial charge in [0.25, 0.3) is 0 Å². The molecule has 29 heavy (non-hydrogen) atoms. The highest BCUT2D eigenvalue weighted by Crippen LogP contribution is 2.24. The van der Waals surface area contributed by atoms with Gasteiger partial charge in [0.1, 0.15) is 12.4 Å². The number of nitrogens with one attached hydrogen (secondary N) is 1. The average Bonchev–Trinajstić information content (AvgIpc) is 2.67. The molecule has 2 aromatic carbocycles. The number of anilines is 1. The van der Waals surface area contributed by atoms with Gasteiger partial charge >= 0.3 is 18.0 Å². The fraction of sp³-hybridized carbons (Fsp3) is 0.250. The lowest BCUT2D eigenvalue weighted by molar-refractivity contribution is -0.154. The van der Waals surface area contributed by atoms with Crippen molar-refractivity contribution in [2.75, 3.05) is 11.9 Å². The first-order chi connectivity index (χ1) is 13.8. The number of aliphatic carboxylic acids is 2. The lowest BCUT2D eigenvalue weighted by Gasteiger charge is -2.14. The summed E-state index contributed by atoms with van der Waals surface area (Å²) in [4.78, 5) is 34.3. The van der Waals surface area contributed by atoms with Crippen LogP contribution in [0.4, 0.5) is 10.5 Å². The Kier molecular flexibility index (Phi) is 7.85. The average molecular weight is 422 g/mol. The molecule has 3 N–H and O–H groups in total. The Labute approximate surface area is 172 Å². The molecule has 0 aliphatic carbocycles. The van der Waals surface area contributed by atoms with Crippen molar-refractivity contribution >= 4 is 35.3 Å². The van der Waals surface area contributed by atoms with E-state index in [1.807, 2.05) is 0 Å². The topological polar surface area (TPSA) is 122 Å². The third kappa shape index (κ3) is 6.39. The lowest BCUT2D eigenvalue weighted by Crippen LogP contribution is -2.25. The summed E-state index contributed by atoms with van der Waals surface area (Å²) in [5, 5.41) is 21.0. The van der Waals surface area contributed by atoms with Crippen molar-refractivity contribution in [2.45, 2.75) is 20.0 Å². The zero-order valence-corrected chi connectivity index (χ0v) is 16.3. The molecule has 0 spiro atoms. The van der Waals surface area contributed by atoms with Crippen molar-refractivity contribution < 1.29 is 34.1 Å².